The second kappa shape index (κ2) is 12.3. The van der Waals surface area contributed by atoms with Crippen molar-refractivity contribution in [2.24, 2.45) is 0 Å². The van der Waals surface area contributed by atoms with Crippen molar-refractivity contribution in [1.29, 1.82) is 0 Å². The lowest BCUT2D eigenvalue weighted by Crippen LogP contribution is -2.48. The number of hydrogen-bond donors (Lipinski definition) is 4. The lowest BCUT2D eigenvalue weighted by Gasteiger charge is -2.11. The topological polar surface area (TPSA) is 99.3 Å². The average Bonchev–Trinajstić information content (AvgIpc) is 2.76. The summed E-state index contributed by atoms with van der Waals surface area (Å²) in [5.41, 5.74) is 7.01. The number of hydrazine groups is 1. The summed E-state index contributed by atoms with van der Waals surface area (Å²) in [6, 6.07) is 16.1. The number of unbranched alkanes of at least 4 members (excludes halogenated alkanes) is 1. The lowest BCUT2D eigenvalue weighted by molar-refractivity contribution is -0.119. The molecular weight excluding hydrogens is 400 g/mol. The van der Waals surface area contributed by atoms with Crippen molar-refractivity contribution < 1.29 is 14.4 Å². The molecular formula is C22H26N4O3S. The number of thiocarbonyl (C=S) groups is 1. The van der Waals surface area contributed by atoms with Gasteiger partial charge in [0.2, 0.25) is 11.8 Å². The van der Waals surface area contributed by atoms with Gasteiger partial charge >= 0.3 is 0 Å². The van der Waals surface area contributed by atoms with Crippen LogP contribution in [-0.4, -0.2) is 22.8 Å². The second-order valence-corrected chi connectivity index (χ2v) is 7.08. The van der Waals surface area contributed by atoms with Gasteiger partial charge < -0.3 is 10.6 Å². The summed E-state index contributed by atoms with van der Waals surface area (Å²) in [4.78, 5) is 35.9. The van der Waals surface area contributed by atoms with E-state index in [1.54, 1.807) is 24.3 Å². The van der Waals surface area contributed by atoms with Crippen LogP contribution in [0.4, 0.5) is 5.69 Å². The smallest absolute Gasteiger partial charge is 0.269 e. The van der Waals surface area contributed by atoms with Gasteiger partial charge in [-0.05, 0) is 54.9 Å². The van der Waals surface area contributed by atoms with Crippen LogP contribution < -0.4 is 21.5 Å². The standard InChI is InChI=1S/C22H26N4O3S/c1-2-3-9-19(27)23-18-13-11-17(12-14-18)21(29)25-26-22(30)24-20(28)15-10-16-7-5-4-6-8-16/h4-8,11-14H,2-3,9-10,15H2,1H3,(H,23,27)(H,25,29)(H2,24,26,28,30). The van der Waals surface area contributed by atoms with Crippen molar-refractivity contribution in [2.75, 3.05) is 5.32 Å². The number of amides is 3. The van der Waals surface area contributed by atoms with Gasteiger partial charge in [0.15, 0.2) is 5.11 Å². The van der Waals surface area contributed by atoms with Crippen molar-refractivity contribution in [1.82, 2.24) is 16.2 Å². The molecule has 0 aliphatic heterocycles. The molecule has 8 heteroatoms. The van der Waals surface area contributed by atoms with E-state index in [0.29, 0.717) is 24.1 Å². The van der Waals surface area contributed by atoms with Gasteiger partial charge in [0.1, 0.15) is 0 Å². The van der Waals surface area contributed by atoms with E-state index in [-0.39, 0.29) is 23.3 Å². The highest BCUT2D eigenvalue weighted by atomic mass is 32.1. The van der Waals surface area contributed by atoms with E-state index in [4.69, 9.17) is 12.2 Å². The van der Waals surface area contributed by atoms with Crippen LogP contribution in [0.1, 0.15) is 48.5 Å². The third-order valence-electron chi connectivity index (χ3n) is 4.21. The maximum atomic E-state index is 12.2. The van der Waals surface area contributed by atoms with E-state index in [1.165, 1.54) is 0 Å². The van der Waals surface area contributed by atoms with Crippen molar-refractivity contribution in [2.45, 2.75) is 39.0 Å². The molecule has 0 aliphatic carbocycles. The summed E-state index contributed by atoms with van der Waals surface area (Å²) in [5, 5.41) is 5.32. The molecule has 0 bridgehead atoms. The van der Waals surface area contributed by atoms with Crippen molar-refractivity contribution in [3.63, 3.8) is 0 Å². The fourth-order valence-electron chi connectivity index (χ4n) is 2.57. The van der Waals surface area contributed by atoms with Gasteiger partial charge in [-0.1, -0.05) is 43.7 Å². The Labute approximate surface area is 181 Å². The first-order chi connectivity index (χ1) is 14.5. The van der Waals surface area contributed by atoms with E-state index in [1.807, 2.05) is 37.3 Å². The predicted octanol–water partition coefficient (Wildman–Crippen LogP) is 3.08. The van der Waals surface area contributed by atoms with E-state index < -0.39 is 5.91 Å². The minimum atomic E-state index is -0.417. The number of anilines is 1. The first-order valence-corrected chi connectivity index (χ1v) is 10.2. The normalized spacial score (nSPS) is 10.0. The summed E-state index contributed by atoms with van der Waals surface area (Å²) in [6.07, 6.45) is 3.14. The predicted molar refractivity (Wildman–Crippen MR) is 121 cm³/mol. The third kappa shape index (κ3) is 8.40. The van der Waals surface area contributed by atoms with Crippen molar-refractivity contribution >= 4 is 40.7 Å². The number of hydrogen-bond acceptors (Lipinski definition) is 4. The van der Waals surface area contributed by atoms with E-state index in [0.717, 1.165) is 18.4 Å². The molecule has 0 unspecified atom stereocenters. The van der Waals surface area contributed by atoms with Gasteiger partial charge in [-0.3, -0.25) is 25.2 Å². The Hall–Kier alpha value is -3.26. The molecule has 0 fully saturated rings. The molecule has 3 amide bonds. The van der Waals surface area contributed by atoms with Crippen LogP contribution in [0.3, 0.4) is 0 Å². The molecule has 7 nitrogen and oxygen atoms in total. The van der Waals surface area contributed by atoms with Crippen LogP contribution in [0.25, 0.3) is 0 Å². The fourth-order valence-corrected chi connectivity index (χ4v) is 2.74. The summed E-state index contributed by atoms with van der Waals surface area (Å²) in [6.45, 7) is 2.02. The number of carbonyl (C=O) groups is 3. The van der Waals surface area contributed by atoms with Gasteiger partial charge in [0, 0.05) is 24.1 Å². The molecule has 158 valence electrons. The van der Waals surface area contributed by atoms with Crippen LogP contribution in [0.2, 0.25) is 0 Å². The lowest BCUT2D eigenvalue weighted by atomic mass is 10.1. The van der Waals surface area contributed by atoms with Crippen LogP contribution in [-0.2, 0) is 16.0 Å². The van der Waals surface area contributed by atoms with Gasteiger partial charge in [-0.15, -0.1) is 0 Å². The Morgan fingerprint density at radius 1 is 0.867 bits per heavy atom. The minimum Gasteiger partial charge on any atom is -0.326 e. The quantitative estimate of drug-likeness (QED) is 0.384. The number of nitrogens with one attached hydrogen (secondary N) is 4. The van der Waals surface area contributed by atoms with Crippen LogP contribution in [0, 0.1) is 0 Å². The zero-order valence-corrected chi connectivity index (χ0v) is 17.7. The molecule has 4 N–H and O–H groups in total. The molecule has 2 aromatic carbocycles. The van der Waals surface area contributed by atoms with Crippen LogP contribution >= 0.6 is 12.2 Å². The monoisotopic (exact) mass is 426 g/mol. The zero-order valence-electron chi connectivity index (χ0n) is 16.9. The molecule has 0 saturated heterocycles. The highest BCUT2D eigenvalue weighted by Crippen LogP contribution is 2.10. The summed E-state index contributed by atoms with van der Waals surface area (Å²) in [7, 11) is 0. The Bertz CT molecular complexity index is 870. The molecule has 0 aliphatic rings. The number of aryl methyl sites for hydroxylation is 1. The van der Waals surface area contributed by atoms with Gasteiger partial charge in [-0.2, -0.15) is 0 Å². The molecule has 0 radical (unpaired) electrons. The third-order valence-corrected chi connectivity index (χ3v) is 4.42. The van der Waals surface area contributed by atoms with Crippen LogP contribution in [0.15, 0.2) is 54.6 Å². The Balaban J connectivity index is 1.71. The summed E-state index contributed by atoms with van der Waals surface area (Å²) < 4.78 is 0. The highest BCUT2D eigenvalue weighted by Gasteiger charge is 2.09. The molecule has 2 rings (SSSR count). The maximum absolute atomic E-state index is 12.2. The van der Waals surface area contributed by atoms with E-state index in [2.05, 4.69) is 21.5 Å². The summed E-state index contributed by atoms with van der Waals surface area (Å²) in [5.74, 6) is -0.711. The highest BCUT2D eigenvalue weighted by molar-refractivity contribution is 7.80. The Morgan fingerprint density at radius 3 is 2.23 bits per heavy atom. The number of benzene rings is 2. The SMILES string of the molecule is CCCCC(=O)Nc1ccc(C(=O)NNC(=S)NC(=O)CCc2ccccc2)cc1. The molecule has 0 atom stereocenters. The summed E-state index contributed by atoms with van der Waals surface area (Å²) >= 11 is 5.03. The Kier molecular flexibility index (Phi) is 9.47. The molecule has 0 heterocycles. The maximum Gasteiger partial charge on any atom is 0.269 e. The van der Waals surface area contributed by atoms with Crippen LogP contribution in [0.5, 0.6) is 0 Å². The number of rotatable bonds is 8. The molecule has 0 saturated carbocycles. The molecule has 30 heavy (non-hydrogen) atoms. The van der Waals surface area contributed by atoms with Gasteiger partial charge in [-0.25, -0.2) is 0 Å². The molecule has 2 aromatic rings. The fraction of sp³-hybridized carbons (Fsp3) is 0.273. The molecule has 0 spiro atoms. The molecule has 0 aromatic heterocycles. The largest absolute Gasteiger partial charge is 0.326 e. The van der Waals surface area contributed by atoms with Crippen molar-refractivity contribution in [3.05, 3.63) is 65.7 Å². The number of carbonyl (C=O) groups excluding carboxylic acids is 3. The van der Waals surface area contributed by atoms with E-state index in [9.17, 15) is 14.4 Å². The Morgan fingerprint density at radius 2 is 1.57 bits per heavy atom. The van der Waals surface area contributed by atoms with E-state index >= 15 is 0 Å². The average molecular weight is 427 g/mol. The second-order valence-electron chi connectivity index (χ2n) is 6.67. The minimum absolute atomic E-state index is 0.0150. The zero-order chi connectivity index (χ0) is 21.8. The van der Waals surface area contributed by atoms with Crippen molar-refractivity contribution in [3.8, 4) is 0 Å². The first-order valence-electron chi connectivity index (χ1n) is 9.82. The van der Waals surface area contributed by atoms with Gasteiger partial charge in [0.25, 0.3) is 5.91 Å². The first kappa shape index (κ1) is 23.0. The van der Waals surface area contributed by atoms with Gasteiger partial charge in [0.05, 0.1) is 0 Å².